The molecule has 0 saturated carbocycles. The van der Waals surface area contributed by atoms with E-state index in [0.717, 1.165) is 11.4 Å². The van der Waals surface area contributed by atoms with Gasteiger partial charge < -0.3 is 15.2 Å². The Morgan fingerprint density at radius 2 is 2.00 bits per heavy atom. The number of nitrogens with one attached hydrogen (secondary N) is 2. The summed E-state index contributed by atoms with van der Waals surface area (Å²) in [6.07, 6.45) is 4.07. The van der Waals surface area contributed by atoms with E-state index in [0.29, 0.717) is 26.1 Å². The summed E-state index contributed by atoms with van der Waals surface area (Å²) < 4.78 is 1.92. The van der Waals surface area contributed by atoms with Crippen molar-refractivity contribution in [3.05, 3.63) is 54.1 Å². The molecule has 1 aliphatic heterocycles. The minimum atomic E-state index is -0.803. The monoisotopic (exact) mass is 369 g/mol. The highest BCUT2D eigenvalue weighted by atomic mass is 16.2. The summed E-state index contributed by atoms with van der Waals surface area (Å²) in [5, 5.41) is 5.37. The molecule has 2 heterocycles. The smallest absolute Gasteiger partial charge is 0.324 e. The molecule has 1 saturated heterocycles. The molecule has 1 fully saturated rings. The van der Waals surface area contributed by atoms with Gasteiger partial charge >= 0.3 is 6.03 Å². The summed E-state index contributed by atoms with van der Waals surface area (Å²) in [5.74, 6) is 0.254. The van der Waals surface area contributed by atoms with E-state index in [-0.39, 0.29) is 18.2 Å². The molecule has 0 spiro atoms. The summed E-state index contributed by atoms with van der Waals surface area (Å²) in [7, 11) is 0. The average Bonchev–Trinajstić information content (AvgIpc) is 3.17. The minimum Gasteiger partial charge on any atom is -0.354 e. The molecule has 8 nitrogen and oxygen atoms in total. The van der Waals surface area contributed by atoms with Crippen LogP contribution in [0.5, 0.6) is 0 Å². The lowest BCUT2D eigenvalue weighted by Crippen LogP contribution is -2.37. The van der Waals surface area contributed by atoms with Crippen molar-refractivity contribution < 1.29 is 14.4 Å². The van der Waals surface area contributed by atoms with Crippen molar-refractivity contribution in [3.63, 3.8) is 0 Å². The third-order valence-electron chi connectivity index (χ3n) is 4.56. The van der Waals surface area contributed by atoms with Gasteiger partial charge in [0.1, 0.15) is 11.9 Å². The van der Waals surface area contributed by atoms with Crippen LogP contribution < -0.4 is 10.6 Å². The normalized spacial score (nSPS) is 16.5. The Bertz CT molecular complexity index is 818. The molecule has 1 aromatic heterocycles. The van der Waals surface area contributed by atoms with E-state index in [1.807, 2.05) is 48.0 Å². The zero-order valence-corrected chi connectivity index (χ0v) is 15.2. The molecule has 142 valence electrons. The van der Waals surface area contributed by atoms with Gasteiger partial charge in [-0.25, -0.2) is 9.78 Å². The Balaban J connectivity index is 1.44. The number of aromatic nitrogens is 2. The lowest BCUT2D eigenvalue weighted by Gasteiger charge is -2.13. The van der Waals surface area contributed by atoms with E-state index >= 15 is 0 Å². The molecular formula is C19H23N5O3. The number of benzene rings is 1. The molecular weight excluding hydrogens is 346 g/mol. The fourth-order valence-electron chi connectivity index (χ4n) is 3.03. The lowest BCUT2D eigenvalue weighted by atomic mass is 10.1. The fraction of sp³-hybridized carbons (Fsp3) is 0.368. The number of carbonyl (C=O) groups excluding carboxylic acids is 3. The van der Waals surface area contributed by atoms with Crippen molar-refractivity contribution in [2.45, 2.75) is 32.4 Å². The maximum atomic E-state index is 12.4. The Morgan fingerprint density at radius 1 is 1.22 bits per heavy atom. The number of imide groups is 1. The van der Waals surface area contributed by atoms with Crippen molar-refractivity contribution in [1.29, 1.82) is 0 Å². The molecule has 0 bridgehead atoms. The number of rotatable bonds is 8. The van der Waals surface area contributed by atoms with Gasteiger partial charge in [-0.3, -0.25) is 14.5 Å². The SMILES string of the molecule is Cc1nccn1CCNC(=O)CC1NC(=O)N(CCc2ccccc2)C1=O. The summed E-state index contributed by atoms with van der Waals surface area (Å²) in [6.45, 7) is 3.22. The van der Waals surface area contributed by atoms with Crippen molar-refractivity contribution in [2.24, 2.45) is 0 Å². The van der Waals surface area contributed by atoms with Crippen molar-refractivity contribution in [2.75, 3.05) is 13.1 Å². The van der Waals surface area contributed by atoms with Gasteiger partial charge in [0.25, 0.3) is 5.91 Å². The van der Waals surface area contributed by atoms with Gasteiger partial charge in [-0.15, -0.1) is 0 Å². The maximum Gasteiger partial charge on any atom is 0.324 e. The number of imidazole rings is 1. The van der Waals surface area contributed by atoms with E-state index in [9.17, 15) is 14.4 Å². The number of hydrogen-bond donors (Lipinski definition) is 2. The zero-order valence-electron chi connectivity index (χ0n) is 15.2. The highest BCUT2D eigenvalue weighted by Crippen LogP contribution is 2.11. The van der Waals surface area contributed by atoms with Crippen LogP contribution in [0, 0.1) is 6.92 Å². The van der Waals surface area contributed by atoms with E-state index in [1.165, 1.54) is 4.90 Å². The molecule has 1 unspecified atom stereocenters. The first-order valence-electron chi connectivity index (χ1n) is 8.95. The van der Waals surface area contributed by atoms with E-state index in [4.69, 9.17) is 0 Å². The molecule has 2 N–H and O–H groups in total. The fourth-order valence-corrected chi connectivity index (χ4v) is 3.03. The van der Waals surface area contributed by atoms with Crippen molar-refractivity contribution in [1.82, 2.24) is 25.1 Å². The molecule has 27 heavy (non-hydrogen) atoms. The Kier molecular flexibility index (Phi) is 5.85. The number of hydrogen-bond acceptors (Lipinski definition) is 4. The molecule has 1 aliphatic rings. The summed E-state index contributed by atoms with van der Waals surface area (Å²) >= 11 is 0. The average molecular weight is 369 g/mol. The Labute approximate surface area is 157 Å². The highest BCUT2D eigenvalue weighted by molar-refractivity contribution is 6.05. The lowest BCUT2D eigenvalue weighted by molar-refractivity contribution is -0.130. The largest absolute Gasteiger partial charge is 0.354 e. The summed E-state index contributed by atoms with van der Waals surface area (Å²) in [6, 6.07) is 8.40. The van der Waals surface area contributed by atoms with Crippen LogP contribution in [0.3, 0.4) is 0 Å². The van der Waals surface area contributed by atoms with Crippen molar-refractivity contribution in [3.8, 4) is 0 Å². The quantitative estimate of drug-likeness (QED) is 0.675. The van der Waals surface area contributed by atoms with Crippen LogP contribution in [-0.4, -0.2) is 51.4 Å². The first-order valence-corrected chi connectivity index (χ1v) is 8.95. The highest BCUT2D eigenvalue weighted by Gasteiger charge is 2.38. The van der Waals surface area contributed by atoms with Gasteiger partial charge in [-0.05, 0) is 18.9 Å². The van der Waals surface area contributed by atoms with Crippen LogP contribution in [-0.2, 0) is 22.6 Å². The second kappa shape index (κ2) is 8.48. The van der Waals surface area contributed by atoms with Gasteiger partial charge in [-0.1, -0.05) is 30.3 Å². The molecule has 0 aliphatic carbocycles. The molecule has 1 aromatic carbocycles. The van der Waals surface area contributed by atoms with Gasteiger partial charge in [0.15, 0.2) is 0 Å². The third kappa shape index (κ3) is 4.72. The zero-order chi connectivity index (χ0) is 19.2. The van der Waals surface area contributed by atoms with Crippen LogP contribution in [0.4, 0.5) is 4.79 Å². The Hall–Kier alpha value is -3.16. The van der Waals surface area contributed by atoms with Gasteiger partial charge in [0, 0.05) is 32.0 Å². The second-order valence-corrected chi connectivity index (χ2v) is 6.45. The van der Waals surface area contributed by atoms with Gasteiger partial charge in [0.05, 0.1) is 6.42 Å². The standard InChI is InChI=1S/C19H23N5O3/c1-14-20-8-11-23(14)12-9-21-17(25)13-16-18(26)24(19(27)22-16)10-7-15-5-3-2-4-6-15/h2-6,8,11,16H,7,9-10,12-13H2,1H3,(H,21,25)(H,22,27). The number of carbonyl (C=O) groups is 3. The number of urea groups is 1. The molecule has 2 aromatic rings. The first kappa shape index (κ1) is 18.6. The van der Waals surface area contributed by atoms with Crippen molar-refractivity contribution >= 4 is 17.8 Å². The molecule has 3 rings (SSSR count). The molecule has 1 atom stereocenters. The molecule has 0 radical (unpaired) electrons. The molecule has 8 heteroatoms. The maximum absolute atomic E-state index is 12.4. The first-order chi connectivity index (χ1) is 13.0. The van der Waals surface area contributed by atoms with Crippen LogP contribution in [0.2, 0.25) is 0 Å². The van der Waals surface area contributed by atoms with Crippen LogP contribution >= 0.6 is 0 Å². The van der Waals surface area contributed by atoms with E-state index in [2.05, 4.69) is 15.6 Å². The van der Waals surface area contributed by atoms with Crippen LogP contribution in [0.15, 0.2) is 42.7 Å². The predicted octanol–water partition coefficient (Wildman–Crippen LogP) is 0.861. The number of nitrogens with zero attached hydrogens (tertiary/aromatic N) is 3. The van der Waals surface area contributed by atoms with Crippen LogP contribution in [0.1, 0.15) is 17.8 Å². The van der Waals surface area contributed by atoms with E-state index in [1.54, 1.807) is 6.20 Å². The second-order valence-electron chi connectivity index (χ2n) is 6.45. The summed E-state index contributed by atoms with van der Waals surface area (Å²) in [5.41, 5.74) is 1.05. The van der Waals surface area contributed by atoms with Crippen LogP contribution in [0.25, 0.3) is 0 Å². The predicted molar refractivity (Wildman–Crippen MR) is 98.8 cm³/mol. The Morgan fingerprint density at radius 3 is 2.70 bits per heavy atom. The topological polar surface area (TPSA) is 96.3 Å². The van der Waals surface area contributed by atoms with Gasteiger partial charge in [-0.2, -0.15) is 0 Å². The minimum absolute atomic E-state index is 0.0602. The van der Waals surface area contributed by atoms with Gasteiger partial charge in [0.2, 0.25) is 5.91 Å². The summed E-state index contributed by atoms with van der Waals surface area (Å²) in [4.78, 5) is 41.9. The van der Waals surface area contributed by atoms with E-state index < -0.39 is 12.1 Å². The number of amides is 4. The molecule has 4 amide bonds. The number of aryl methyl sites for hydroxylation is 1. The third-order valence-corrected chi connectivity index (χ3v) is 4.56.